The fourth-order valence-corrected chi connectivity index (χ4v) is 7.85. The molecule has 2 N–H and O–H groups in total. The monoisotopic (exact) mass is 790 g/mol. The first-order valence-corrected chi connectivity index (χ1v) is 19.5. The molecular formula is C52H38O8. The van der Waals surface area contributed by atoms with E-state index in [9.17, 15) is 19.8 Å². The maximum absolute atomic E-state index is 11.6. The van der Waals surface area contributed by atoms with Crippen LogP contribution in [0.3, 0.4) is 0 Å². The summed E-state index contributed by atoms with van der Waals surface area (Å²) in [6, 6.07) is 55.6. The van der Waals surface area contributed by atoms with Crippen LogP contribution in [0.15, 0.2) is 170 Å². The van der Waals surface area contributed by atoms with Gasteiger partial charge in [-0.1, -0.05) is 146 Å². The standard InChI is InChI=1S/C52H38O8/c53-47(54)31-59-45-27-23-37-11-3-7-15-41(37)51(45)49-39-13-5-1-9-35(39)21-25-43(49)57-29-33-17-19-34(20-18-33)30-58-44-26-22-36-10-2-6-14-40(36)50(44)52-42-16-8-4-12-38(42)24-28-46(52)60-32-48(55)56/h1-28H,29-32H2,(H,53,54)(H,55,56). The van der Waals surface area contributed by atoms with E-state index in [1.54, 1.807) is 0 Å². The van der Waals surface area contributed by atoms with Crippen molar-refractivity contribution in [3.8, 4) is 45.3 Å². The molecule has 0 bridgehead atoms. The fourth-order valence-electron chi connectivity index (χ4n) is 7.85. The van der Waals surface area contributed by atoms with E-state index >= 15 is 0 Å². The summed E-state index contributed by atoms with van der Waals surface area (Å²) >= 11 is 0. The van der Waals surface area contributed by atoms with Gasteiger partial charge in [0.25, 0.3) is 0 Å². The molecule has 0 atom stereocenters. The third kappa shape index (κ3) is 7.62. The smallest absolute Gasteiger partial charge is 0.341 e. The Labute approximate surface area is 345 Å². The lowest BCUT2D eigenvalue weighted by Gasteiger charge is -2.20. The summed E-state index contributed by atoms with van der Waals surface area (Å²) in [5, 5.41) is 26.8. The highest BCUT2D eigenvalue weighted by molar-refractivity contribution is 6.11. The van der Waals surface area contributed by atoms with Crippen molar-refractivity contribution >= 4 is 55.0 Å². The molecule has 0 aliphatic rings. The van der Waals surface area contributed by atoms with Crippen LogP contribution in [0.5, 0.6) is 23.0 Å². The van der Waals surface area contributed by atoms with Gasteiger partial charge in [-0.05, 0) is 78.5 Å². The van der Waals surface area contributed by atoms with Crippen molar-refractivity contribution in [1.82, 2.24) is 0 Å². The van der Waals surface area contributed by atoms with Crippen molar-refractivity contribution in [1.29, 1.82) is 0 Å². The SMILES string of the molecule is O=C(O)COc1ccc2ccccc2c1-c1c(OCc2ccc(COc3ccc4ccccc4c3-c3c(OCC(=O)O)ccc4ccccc34)cc2)ccc2ccccc12. The maximum atomic E-state index is 11.6. The van der Waals surface area contributed by atoms with Gasteiger partial charge >= 0.3 is 11.9 Å². The molecule has 8 nitrogen and oxygen atoms in total. The van der Waals surface area contributed by atoms with Crippen LogP contribution in [-0.4, -0.2) is 35.4 Å². The molecule has 0 amide bonds. The molecule has 60 heavy (non-hydrogen) atoms. The number of carbonyl (C=O) groups is 2. The van der Waals surface area contributed by atoms with Crippen molar-refractivity contribution in [2.75, 3.05) is 13.2 Å². The van der Waals surface area contributed by atoms with Gasteiger partial charge in [0.2, 0.25) is 0 Å². The second kappa shape index (κ2) is 16.6. The molecule has 0 radical (unpaired) electrons. The van der Waals surface area contributed by atoms with Gasteiger partial charge in [-0.3, -0.25) is 0 Å². The molecule has 9 aromatic carbocycles. The number of hydrogen-bond donors (Lipinski definition) is 2. The van der Waals surface area contributed by atoms with Crippen LogP contribution in [0.2, 0.25) is 0 Å². The van der Waals surface area contributed by atoms with Crippen LogP contribution in [0, 0.1) is 0 Å². The first kappa shape index (κ1) is 37.7. The molecule has 0 aliphatic carbocycles. The third-order valence-electron chi connectivity index (χ3n) is 10.6. The van der Waals surface area contributed by atoms with Gasteiger partial charge in [-0.15, -0.1) is 0 Å². The van der Waals surface area contributed by atoms with Crippen LogP contribution in [0.1, 0.15) is 11.1 Å². The molecule has 8 heteroatoms. The Morgan fingerprint density at radius 3 is 0.883 bits per heavy atom. The predicted molar refractivity (Wildman–Crippen MR) is 235 cm³/mol. The first-order valence-electron chi connectivity index (χ1n) is 19.5. The highest BCUT2D eigenvalue weighted by Crippen LogP contribution is 2.47. The number of ether oxygens (including phenoxy) is 4. The second-order valence-corrected chi connectivity index (χ2v) is 14.4. The Morgan fingerprint density at radius 2 is 0.600 bits per heavy atom. The Hall–Kier alpha value is -7.84. The molecule has 0 fully saturated rings. The fraction of sp³-hybridized carbons (Fsp3) is 0.0769. The molecule has 0 unspecified atom stereocenters. The van der Waals surface area contributed by atoms with Gasteiger partial charge in [0.05, 0.1) is 0 Å². The summed E-state index contributed by atoms with van der Waals surface area (Å²) in [7, 11) is 0. The van der Waals surface area contributed by atoms with Gasteiger partial charge in [-0.25, -0.2) is 9.59 Å². The molecule has 0 heterocycles. The zero-order chi connectivity index (χ0) is 41.0. The van der Waals surface area contributed by atoms with E-state index in [4.69, 9.17) is 18.9 Å². The molecule has 0 aromatic heterocycles. The Morgan fingerprint density at radius 1 is 0.333 bits per heavy atom. The van der Waals surface area contributed by atoms with Gasteiger partial charge < -0.3 is 29.2 Å². The number of aliphatic carboxylic acids is 2. The van der Waals surface area contributed by atoms with E-state index in [1.165, 1.54) is 0 Å². The number of benzene rings is 9. The number of carboxylic acid groups (broad SMARTS) is 2. The normalized spacial score (nSPS) is 11.2. The zero-order valence-corrected chi connectivity index (χ0v) is 32.3. The van der Waals surface area contributed by atoms with Crippen molar-refractivity contribution in [3.05, 3.63) is 181 Å². The predicted octanol–water partition coefficient (Wildman–Crippen LogP) is 11.7. The van der Waals surface area contributed by atoms with Gasteiger partial charge in [-0.2, -0.15) is 0 Å². The van der Waals surface area contributed by atoms with E-state index in [2.05, 4.69) is 0 Å². The van der Waals surface area contributed by atoms with Gasteiger partial charge in [0.15, 0.2) is 13.2 Å². The molecule has 0 aliphatic heterocycles. The van der Waals surface area contributed by atoms with Crippen LogP contribution in [0.4, 0.5) is 0 Å². The molecule has 0 spiro atoms. The van der Waals surface area contributed by atoms with E-state index in [1.807, 2.05) is 170 Å². The molecule has 9 rings (SSSR count). The quantitative estimate of drug-likeness (QED) is 0.112. The molecular weight excluding hydrogens is 753 g/mol. The largest absolute Gasteiger partial charge is 0.488 e. The minimum atomic E-state index is -1.06. The lowest BCUT2D eigenvalue weighted by atomic mass is 9.92. The Kier molecular flexibility index (Phi) is 10.4. The number of carboxylic acids is 2. The highest BCUT2D eigenvalue weighted by atomic mass is 16.5. The molecule has 0 saturated heterocycles. The van der Waals surface area contributed by atoms with Crippen molar-refractivity contribution in [2.24, 2.45) is 0 Å². The van der Waals surface area contributed by atoms with Crippen LogP contribution < -0.4 is 18.9 Å². The van der Waals surface area contributed by atoms with Gasteiger partial charge in [0, 0.05) is 22.3 Å². The lowest BCUT2D eigenvalue weighted by Crippen LogP contribution is -2.10. The summed E-state index contributed by atoms with van der Waals surface area (Å²) in [5.74, 6) is 0.0813. The van der Waals surface area contributed by atoms with Crippen molar-refractivity contribution in [3.63, 3.8) is 0 Å². The van der Waals surface area contributed by atoms with E-state index in [0.717, 1.165) is 76.5 Å². The topological polar surface area (TPSA) is 112 Å². The average Bonchev–Trinajstić information content (AvgIpc) is 3.28. The lowest BCUT2D eigenvalue weighted by molar-refractivity contribution is -0.140. The summed E-state index contributed by atoms with van der Waals surface area (Å²) < 4.78 is 25.0. The first-order chi connectivity index (χ1) is 29.4. The van der Waals surface area contributed by atoms with Crippen LogP contribution in [-0.2, 0) is 22.8 Å². The van der Waals surface area contributed by atoms with Crippen LogP contribution in [0.25, 0.3) is 65.3 Å². The van der Waals surface area contributed by atoms with E-state index in [-0.39, 0.29) is 13.2 Å². The molecule has 9 aromatic rings. The minimum absolute atomic E-state index is 0.275. The second-order valence-electron chi connectivity index (χ2n) is 14.4. The minimum Gasteiger partial charge on any atom is -0.488 e. The summed E-state index contributed by atoms with van der Waals surface area (Å²) in [4.78, 5) is 23.2. The van der Waals surface area contributed by atoms with Crippen molar-refractivity contribution in [2.45, 2.75) is 13.2 Å². The van der Waals surface area contributed by atoms with Crippen LogP contribution >= 0.6 is 0 Å². The van der Waals surface area contributed by atoms with Gasteiger partial charge in [0.1, 0.15) is 36.2 Å². The van der Waals surface area contributed by atoms with E-state index in [0.29, 0.717) is 23.0 Å². The Balaban J connectivity index is 1.02. The molecule has 294 valence electrons. The summed E-state index contributed by atoms with van der Waals surface area (Å²) in [6.45, 7) is -0.402. The summed E-state index contributed by atoms with van der Waals surface area (Å²) in [5.41, 5.74) is 5.07. The zero-order valence-electron chi connectivity index (χ0n) is 32.3. The number of fused-ring (bicyclic) bond motifs is 4. The van der Waals surface area contributed by atoms with E-state index < -0.39 is 25.2 Å². The number of hydrogen-bond acceptors (Lipinski definition) is 6. The van der Waals surface area contributed by atoms with Crippen molar-refractivity contribution < 1.29 is 38.7 Å². The number of rotatable bonds is 14. The Bertz CT molecular complexity index is 2850. The molecule has 0 saturated carbocycles. The third-order valence-corrected chi connectivity index (χ3v) is 10.6. The average molecular weight is 791 g/mol. The highest BCUT2D eigenvalue weighted by Gasteiger charge is 2.22. The maximum Gasteiger partial charge on any atom is 0.341 e. The summed E-state index contributed by atoms with van der Waals surface area (Å²) in [6.07, 6.45) is 0.